The van der Waals surface area contributed by atoms with Crippen molar-refractivity contribution in [2.75, 3.05) is 11.9 Å². The average molecular weight is 397 g/mol. The monoisotopic (exact) mass is 396 g/mol. The summed E-state index contributed by atoms with van der Waals surface area (Å²) in [6.45, 7) is 3.38. The van der Waals surface area contributed by atoms with Crippen molar-refractivity contribution < 1.29 is 14.0 Å². The number of carbonyl (C=O) groups is 2. The maximum atomic E-state index is 12.9. The van der Waals surface area contributed by atoms with Gasteiger partial charge in [-0.1, -0.05) is 29.3 Å². The highest BCUT2D eigenvalue weighted by Gasteiger charge is 2.35. The van der Waals surface area contributed by atoms with Crippen LogP contribution in [0.5, 0.6) is 0 Å². The highest BCUT2D eigenvalue weighted by molar-refractivity contribution is 6.35. The van der Waals surface area contributed by atoms with Crippen molar-refractivity contribution in [1.29, 1.82) is 0 Å². The Hall–Kier alpha value is -2.11. The first kappa shape index (κ1) is 20.2. The van der Waals surface area contributed by atoms with Gasteiger partial charge in [-0.05, 0) is 62.2 Å². The first-order valence-electron chi connectivity index (χ1n) is 7.99. The minimum absolute atomic E-state index is 0.327. The van der Waals surface area contributed by atoms with E-state index in [1.54, 1.807) is 18.2 Å². The summed E-state index contributed by atoms with van der Waals surface area (Å²) in [6.07, 6.45) is 0.511. The van der Waals surface area contributed by atoms with Gasteiger partial charge < -0.3 is 10.6 Å². The van der Waals surface area contributed by atoms with Crippen LogP contribution in [-0.2, 0) is 16.0 Å². The van der Waals surface area contributed by atoms with Gasteiger partial charge in [-0.15, -0.1) is 0 Å². The summed E-state index contributed by atoms with van der Waals surface area (Å²) in [5.41, 5.74) is -0.0202. The van der Waals surface area contributed by atoms with Gasteiger partial charge in [0.1, 0.15) is 11.2 Å². The molecule has 0 saturated heterocycles. The fourth-order valence-electron chi connectivity index (χ4n) is 2.18. The first-order chi connectivity index (χ1) is 12.2. The van der Waals surface area contributed by atoms with Gasteiger partial charge in [0.2, 0.25) is 11.8 Å². The van der Waals surface area contributed by atoms with Crippen LogP contribution in [0.15, 0.2) is 42.5 Å². The SMILES string of the molecule is CC(C)(C(=O)NCCc1ccc(Cl)cc1Cl)C(=O)Nc1ccc(F)cc1. The standard InChI is InChI=1S/C19H19Cl2FN2O2/c1-19(2,18(26)24-15-7-5-14(22)6-8-15)17(25)23-10-9-12-3-4-13(20)11-16(12)21/h3-8,11H,9-10H2,1-2H3,(H,23,25)(H,24,26). The second-order valence-corrected chi connectivity index (χ2v) is 7.17. The summed E-state index contributed by atoms with van der Waals surface area (Å²) in [5.74, 6) is -1.30. The zero-order valence-electron chi connectivity index (χ0n) is 14.4. The maximum absolute atomic E-state index is 12.9. The van der Waals surface area contributed by atoms with Crippen molar-refractivity contribution in [3.8, 4) is 0 Å². The number of anilines is 1. The lowest BCUT2D eigenvalue weighted by Gasteiger charge is -2.22. The predicted molar refractivity (Wildman–Crippen MR) is 102 cm³/mol. The molecule has 138 valence electrons. The van der Waals surface area contributed by atoms with Crippen LogP contribution in [0, 0.1) is 11.2 Å². The van der Waals surface area contributed by atoms with Crippen LogP contribution in [-0.4, -0.2) is 18.4 Å². The molecule has 26 heavy (non-hydrogen) atoms. The third-order valence-corrected chi connectivity index (χ3v) is 4.52. The minimum Gasteiger partial charge on any atom is -0.355 e. The van der Waals surface area contributed by atoms with Crippen molar-refractivity contribution in [2.45, 2.75) is 20.3 Å². The van der Waals surface area contributed by atoms with E-state index in [0.29, 0.717) is 28.7 Å². The minimum atomic E-state index is -1.29. The average Bonchev–Trinajstić information content (AvgIpc) is 2.58. The second-order valence-electron chi connectivity index (χ2n) is 6.33. The summed E-state index contributed by atoms with van der Waals surface area (Å²) in [5, 5.41) is 6.42. The highest BCUT2D eigenvalue weighted by atomic mass is 35.5. The van der Waals surface area contributed by atoms with E-state index in [0.717, 1.165) is 5.56 Å². The first-order valence-corrected chi connectivity index (χ1v) is 8.75. The van der Waals surface area contributed by atoms with Crippen LogP contribution in [0.25, 0.3) is 0 Å². The Morgan fingerprint density at radius 2 is 1.69 bits per heavy atom. The Morgan fingerprint density at radius 1 is 1.04 bits per heavy atom. The van der Waals surface area contributed by atoms with Crippen molar-refractivity contribution in [2.24, 2.45) is 5.41 Å². The van der Waals surface area contributed by atoms with Gasteiger partial charge in [-0.2, -0.15) is 0 Å². The Balaban J connectivity index is 1.91. The van der Waals surface area contributed by atoms with Gasteiger partial charge in [0.05, 0.1) is 0 Å². The molecular formula is C19H19Cl2FN2O2. The van der Waals surface area contributed by atoms with Crippen LogP contribution in [0.4, 0.5) is 10.1 Å². The van der Waals surface area contributed by atoms with Crippen molar-refractivity contribution in [3.05, 3.63) is 63.9 Å². The number of benzene rings is 2. The number of nitrogens with one attached hydrogen (secondary N) is 2. The van der Waals surface area contributed by atoms with E-state index in [9.17, 15) is 14.0 Å². The maximum Gasteiger partial charge on any atom is 0.239 e. The molecule has 0 aliphatic heterocycles. The van der Waals surface area contributed by atoms with Gasteiger partial charge in [0, 0.05) is 22.3 Å². The zero-order chi connectivity index (χ0) is 19.3. The summed E-state index contributed by atoms with van der Waals surface area (Å²) in [6, 6.07) is 10.5. The lowest BCUT2D eigenvalue weighted by atomic mass is 9.91. The molecular weight excluding hydrogens is 378 g/mol. The van der Waals surface area contributed by atoms with Gasteiger partial charge in [-0.25, -0.2) is 4.39 Å². The molecule has 7 heteroatoms. The zero-order valence-corrected chi connectivity index (χ0v) is 15.9. The fraction of sp³-hybridized carbons (Fsp3) is 0.263. The Labute approximate surface area is 161 Å². The molecule has 0 bridgehead atoms. The molecule has 2 N–H and O–H groups in total. The molecule has 0 saturated carbocycles. The molecule has 2 aromatic carbocycles. The molecule has 0 radical (unpaired) electrons. The van der Waals surface area contributed by atoms with E-state index in [-0.39, 0.29) is 0 Å². The molecule has 2 amide bonds. The summed E-state index contributed by atoms with van der Waals surface area (Å²) >= 11 is 12.0. The second kappa shape index (κ2) is 8.52. The number of halogens is 3. The van der Waals surface area contributed by atoms with Crippen molar-refractivity contribution in [3.63, 3.8) is 0 Å². The molecule has 0 aliphatic carbocycles. The van der Waals surface area contributed by atoms with Crippen LogP contribution in [0.2, 0.25) is 10.0 Å². The van der Waals surface area contributed by atoms with E-state index in [1.807, 2.05) is 0 Å². The van der Waals surface area contributed by atoms with Crippen LogP contribution < -0.4 is 10.6 Å². The Bertz CT molecular complexity index is 808. The Kier molecular flexibility index (Phi) is 6.62. The van der Waals surface area contributed by atoms with Crippen LogP contribution in [0.1, 0.15) is 19.4 Å². The van der Waals surface area contributed by atoms with Gasteiger partial charge in [0.15, 0.2) is 0 Å². The lowest BCUT2D eigenvalue weighted by molar-refractivity contribution is -0.138. The quantitative estimate of drug-likeness (QED) is 0.708. The molecule has 0 atom stereocenters. The largest absolute Gasteiger partial charge is 0.355 e. The molecule has 0 aliphatic rings. The lowest BCUT2D eigenvalue weighted by Crippen LogP contribution is -2.45. The van der Waals surface area contributed by atoms with Gasteiger partial charge in [0.25, 0.3) is 0 Å². The molecule has 2 aromatic rings. The fourth-order valence-corrected chi connectivity index (χ4v) is 2.68. The number of hydrogen-bond acceptors (Lipinski definition) is 2. The van der Waals surface area contributed by atoms with E-state index < -0.39 is 23.0 Å². The molecule has 0 spiro atoms. The number of carbonyl (C=O) groups excluding carboxylic acids is 2. The normalized spacial score (nSPS) is 11.1. The topological polar surface area (TPSA) is 58.2 Å². The van der Waals surface area contributed by atoms with Crippen LogP contribution >= 0.6 is 23.2 Å². The van der Waals surface area contributed by atoms with E-state index in [1.165, 1.54) is 38.1 Å². The Morgan fingerprint density at radius 3 is 2.31 bits per heavy atom. The summed E-state index contributed by atoms with van der Waals surface area (Å²) in [4.78, 5) is 24.8. The smallest absolute Gasteiger partial charge is 0.239 e. The van der Waals surface area contributed by atoms with E-state index >= 15 is 0 Å². The number of amides is 2. The molecule has 0 unspecified atom stereocenters. The molecule has 0 aromatic heterocycles. The molecule has 2 rings (SSSR count). The van der Waals surface area contributed by atoms with Crippen molar-refractivity contribution in [1.82, 2.24) is 5.32 Å². The summed E-state index contributed by atoms with van der Waals surface area (Å²) < 4.78 is 12.9. The number of hydrogen-bond donors (Lipinski definition) is 2. The molecule has 0 heterocycles. The number of rotatable bonds is 6. The summed E-state index contributed by atoms with van der Waals surface area (Å²) in [7, 11) is 0. The third kappa shape index (κ3) is 5.19. The van der Waals surface area contributed by atoms with E-state index in [2.05, 4.69) is 10.6 Å². The van der Waals surface area contributed by atoms with Gasteiger partial charge >= 0.3 is 0 Å². The molecule has 4 nitrogen and oxygen atoms in total. The van der Waals surface area contributed by atoms with Crippen LogP contribution in [0.3, 0.4) is 0 Å². The predicted octanol–water partition coefficient (Wildman–Crippen LogP) is 4.46. The molecule has 0 fully saturated rings. The van der Waals surface area contributed by atoms with Gasteiger partial charge in [-0.3, -0.25) is 9.59 Å². The van der Waals surface area contributed by atoms with E-state index in [4.69, 9.17) is 23.2 Å². The van der Waals surface area contributed by atoms with Crippen molar-refractivity contribution >= 4 is 40.7 Å². The highest BCUT2D eigenvalue weighted by Crippen LogP contribution is 2.22. The third-order valence-electron chi connectivity index (χ3n) is 3.93.